The Bertz CT molecular complexity index is 347. The summed E-state index contributed by atoms with van der Waals surface area (Å²) in [4.78, 5) is 11.9. The predicted molar refractivity (Wildman–Crippen MR) is 68.0 cm³/mol. The molecule has 17 heavy (non-hydrogen) atoms. The van der Waals surface area contributed by atoms with Crippen molar-refractivity contribution < 1.29 is 9.90 Å². The minimum Gasteiger partial charge on any atom is -0.393 e. The molecule has 1 rings (SSSR count). The minimum absolute atomic E-state index is 0.0632. The average Bonchev–Trinajstić information content (AvgIpc) is 2.77. The number of hydrogen-bond acceptors (Lipinski definition) is 2. The van der Waals surface area contributed by atoms with E-state index in [1.807, 2.05) is 29.8 Å². The van der Waals surface area contributed by atoms with Gasteiger partial charge in [0, 0.05) is 19.3 Å². The second kappa shape index (κ2) is 7.12. The van der Waals surface area contributed by atoms with E-state index in [4.69, 9.17) is 0 Å². The first-order valence-corrected chi connectivity index (χ1v) is 6.30. The van der Waals surface area contributed by atoms with E-state index in [2.05, 4.69) is 12.2 Å². The summed E-state index contributed by atoms with van der Waals surface area (Å²) in [6.45, 7) is 5.39. The van der Waals surface area contributed by atoms with Gasteiger partial charge >= 0.3 is 0 Å². The third-order valence-corrected chi connectivity index (χ3v) is 2.76. The Morgan fingerprint density at radius 3 is 2.94 bits per heavy atom. The van der Waals surface area contributed by atoms with Gasteiger partial charge in [0.25, 0.3) is 5.91 Å². The molecule has 1 heterocycles. The van der Waals surface area contributed by atoms with E-state index in [0.29, 0.717) is 18.7 Å². The Kier molecular flexibility index (Phi) is 5.77. The van der Waals surface area contributed by atoms with Gasteiger partial charge in [-0.25, -0.2) is 0 Å². The molecule has 4 heteroatoms. The van der Waals surface area contributed by atoms with Crippen LogP contribution in [0.1, 0.15) is 43.6 Å². The van der Waals surface area contributed by atoms with E-state index in [-0.39, 0.29) is 12.0 Å². The van der Waals surface area contributed by atoms with Gasteiger partial charge in [0.15, 0.2) is 0 Å². The normalized spacial score (nSPS) is 12.4. The van der Waals surface area contributed by atoms with Crippen molar-refractivity contribution in [3.8, 4) is 0 Å². The second-order valence-electron chi connectivity index (χ2n) is 4.19. The van der Waals surface area contributed by atoms with Crippen LogP contribution >= 0.6 is 0 Å². The number of nitrogens with zero attached hydrogens (tertiary/aromatic N) is 1. The summed E-state index contributed by atoms with van der Waals surface area (Å²) in [5, 5.41) is 12.2. The Hall–Kier alpha value is -1.29. The molecule has 0 saturated carbocycles. The Morgan fingerprint density at radius 1 is 1.53 bits per heavy atom. The highest BCUT2D eigenvalue weighted by molar-refractivity contribution is 5.92. The molecule has 0 bridgehead atoms. The van der Waals surface area contributed by atoms with Crippen molar-refractivity contribution in [2.75, 3.05) is 6.54 Å². The Morgan fingerprint density at radius 2 is 2.29 bits per heavy atom. The fraction of sp³-hybridized carbons (Fsp3) is 0.615. The molecule has 1 aromatic heterocycles. The Balaban J connectivity index is 2.43. The number of nitrogens with one attached hydrogen (secondary N) is 1. The second-order valence-corrected chi connectivity index (χ2v) is 4.19. The third kappa shape index (κ3) is 4.23. The van der Waals surface area contributed by atoms with Crippen LogP contribution < -0.4 is 5.32 Å². The highest BCUT2D eigenvalue weighted by Crippen LogP contribution is 2.04. The van der Waals surface area contributed by atoms with Crippen molar-refractivity contribution in [2.24, 2.45) is 0 Å². The van der Waals surface area contributed by atoms with Crippen molar-refractivity contribution in [2.45, 2.75) is 45.8 Å². The van der Waals surface area contributed by atoms with Crippen molar-refractivity contribution in [1.29, 1.82) is 0 Å². The molecule has 0 aliphatic carbocycles. The largest absolute Gasteiger partial charge is 0.393 e. The topological polar surface area (TPSA) is 54.3 Å². The zero-order chi connectivity index (χ0) is 12.7. The van der Waals surface area contributed by atoms with Gasteiger partial charge in [-0.15, -0.1) is 0 Å². The fourth-order valence-corrected chi connectivity index (χ4v) is 1.70. The lowest BCUT2D eigenvalue weighted by Gasteiger charge is -2.10. The molecule has 0 radical (unpaired) electrons. The van der Waals surface area contributed by atoms with Crippen molar-refractivity contribution in [3.63, 3.8) is 0 Å². The molecule has 1 unspecified atom stereocenters. The number of aliphatic hydroxyl groups excluding tert-OH is 1. The first kappa shape index (κ1) is 13.8. The summed E-state index contributed by atoms with van der Waals surface area (Å²) in [6.07, 6.45) is 3.93. The van der Waals surface area contributed by atoms with Crippen LogP contribution in [0.3, 0.4) is 0 Å². The highest BCUT2D eigenvalue weighted by atomic mass is 16.3. The zero-order valence-corrected chi connectivity index (χ0v) is 10.6. The van der Waals surface area contributed by atoms with Crippen LogP contribution in [0.5, 0.6) is 0 Å². The number of rotatable bonds is 7. The third-order valence-electron chi connectivity index (χ3n) is 2.76. The summed E-state index contributed by atoms with van der Waals surface area (Å²) in [5.41, 5.74) is 0.692. The fourth-order valence-electron chi connectivity index (χ4n) is 1.70. The van der Waals surface area contributed by atoms with Gasteiger partial charge < -0.3 is 15.0 Å². The van der Waals surface area contributed by atoms with Gasteiger partial charge in [-0.1, -0.05) is 13.8 Å². The van der Waals surface area contributed by atoms with Crippen LogP contribution in [-0.2, 0) is 6.54 Å². The molecule has 1 aromatic rings. The van der Waals surface area contributed by atoms with Gasteiger partial charge in [-0.3, -0.25) is 4.79 Å². The van der Waals surface area contributed by atoms with E-state index < -0.39 is 0 Å². The number of aliphatic hydroxyl groups is 1. The molecule has 0 fully saturated rings. The maximum absolute atomic E-state index is 11.9. The van der Waals surface area contributed by atoms with E-state index in [9.17, 15) is 9.90 Å². The first-order valence-electron chi connectivity index (χ1n) is 6.30. The summed E-state index contributed by atoms with van der Waals surface area (Å²) >= 11 is 0. The van der Waals surface area contributed by atoms with Gasteiger partial charge in [-0.05, 0) is 31.4 Å². The number of carbonyl (C=O) groups excluding carboxylic acids is 1. The summed E-state index contributed by atoms with van der Waals surface area (Å²) in [5.74, 6) is -0.0632. The van der Waals surface area contributed by atoms with Crippen LogP contribution in [0, 0.1) is 0 Å². The number of aryl methyl sites for hydroxylation is 1. The maximum Gasteiger partial charge on any atom is 0.267 e. The quantitative estimate of drug-likeness (QED) is 0.761. The van der Waals surface area contributed by atoms with Crippen molar-refractivity contribution in [3.05, 3.63) is 24.0 Å². The molecule has 0 aliphatic heterocycles. The molecular weight excluding hydrogens is 216 g/mol. The average molecular weight is 238 g/mol. The molecule has 1 amide bonds. The SMILES string of the molecule is CCCn1cccc1C(=O)NCCC(O)CC. The van der Waals surface area contributed by atoms with Crippen LogP contribution in [0.2, 0.25) is 0 Å². The van der Waals surface area contributed by atoms with Crippen LogP contribution in [0.25, 0.3) is 0 Å². The van der Waals surface area contributed by atoms with Gasteiger partial charge in [0.2, 0.25) is 0 Å². The van der Waals surface area contributed by atoms with Gasteiger partial charge in [0.1, 0.15) is 5.69 Å². The zero-order valence-electron chi connectivity index (χ0n) is 10.6. The number of aromatic nitrogens is 1. The van der Waals surface area contributed by atoms with Crippen LogP contribution in [-0.4, -0.2) is 28.2 Å². The molecule has 2 N–H and O–H groups in total. The Labute approximate surface area is 103 Å². The molecule has 0 spiro atoms. The lowest BCUT2D eigenvalue weighted by molar-refractivity contribution is 0.0932. The van der Waals surface area contributed by atoms with Gasteiger partial charge in [-0.2, -0.15) is 0 Å². The molecule has 0 aromatic carbocycles. The smallest absolute Gasteiger partial charge is 0.267 e. The number of hydrogen-bond donors (Lipinski definition) is 2. The standard InChI is InChI=1S/C13H22N2O2/c1-3-9-15-10-5-6-12(15)13(17)14-8-7-11(16)4-2/h5-6,10-11,16H,3-4,7-9H2,1-2H3,(H,14,17). The van der Waals surface area contributed by atoms with Crippen LogP contribution in [0.15, 0.2) is 18.3 Å². The van der Waals surface area contributed by atoms with E-state index in [1.165, 1.54) is 0 Å². The number of carbonyl (C=O) groups is 1. The van der Waals surface area contributed by atoms with Gasteiger partial charge in [0.05, 0.1) is 6.10 Å². The number of amides is 1. The lowest BCUT2D eigenvalue weighted by atomic mass is 10.2. The first-order chi connectivity index (χ1) is 8.19. The van der Waals surface area contributed by atoms with Crippen molar-refractivity contribution in [1.82, 2.24) is 9.88 Å². The van der Waals surface area contributed by atoms with Crippen molar-refractivity contribution >= 4 is 5.91 Å². The van der Waals surface area contributed by atoms with E-state index >= 15 is 0 Å². The van der Waals surface area contributed by atoms with E-state index in [1.54, 1.807) is 0 Å². The molecule has 96 valence electrons. The predicted octanol–water partition coefficient (Wildman–Crippen LogP) is 1.79. The molecular formula is C13H22N2O2. The molecule has 0 aliphatic rings. The summed E-state index contributed by atoms with van der Waals surface area (Å²) in [7, 11) is 0. The lowest BCUT2D eigenvalue weighted by Crippen LogP contribution is -2.28. The summed E-state index contributed by atoms with van der Waals surface area (Å²) < 4.78 is 1.95. The highest BCUT2D eigenvalue weighted by Gasteiger charge is 2.10. The molecule has 1 atom stereocenters. The summed E-state index contributed by atoms with van der Waals surface area (Å²) in [6, 6.07) is 3.70. The maximum atomic E-state index is 11.9. The molecule has 4 nitrogen and oxygen atoms in total. The minimum atomic E-state index is -0.322. The monoisotopic (exact) mass is 238 g/mol. The molecule has 0 saturated heterocycles. The van der Waals surface area contributed by atoms with Crippen LogP contribution in [0.4, 0.5) is 0 Å². The van der Waals surface area contributed by atoms with E-state index in [0.717, 1.165) is 19.4 Å².